The summed E-state index contributed by atoms with van der Waals surface area (Å²) in [6.45, 7) is -0.536. The Morgan fingerprint density at radius 1 is 1.57 bits per heavy atom. The molecule has 1 fully saturated rings. The van der Waals surface area contributed by atoms with Crippen LogP contribution in [0.4, 0.5) is 0 Å². The molecule has 0 saturated carbocycles. The van der Waals surface area contributed by atoms with Gasteiger partial charge in [-0.15, -0.1) is 0 Å². The Morgan fingerprint density at radius 3 is 2.57 bits per heavy atom. The van der Waals surface area contributed by atoms with Gasteiger partial charge in [-0.2, -0.15) is 0 Å². The van der Waals surface area contributed by atoms with Crippen LogP contribution < -0.4 is 0 Å². The maximum absolute atomic E-state index is 11.3. The van der Waals surface area contributed by atoms with Crippen molar-refractivity contribution in [1.29, 1.82) is 0 Å². The maximum atomic E-state index is 11.3. The predicted molar refractivity (Wildman–Crippen MR) is 45.4 cm³/mol. The largest absolute Gasteiger partial charge is 0.480 e. The van der Waals surface area contributed by atoms with Gasteiger partial charge in [-0.3, -0.25) is 4.79 Å². The lowest BCUT2D eigenvalue weighted by Crippen LogP contribution is -2.44. The fourth-order valence-corrected chi connectivity index (χ4v) is 1.54. The minimum absolute atomic E-state index is 0.139. The number of aliphatic hydroxyl groups is 2. The highest BCUT2D eigenvalue weighted by Gasteiger charge is 2.36. The standard InChI is InChI=1S/C8H13NO5/c10-3-5-1-7(12)9(2-5)6(4-11)8(13)14/h5-6,10-11H,1-4H2,(H,13,14)/t5?,6-/m0/s1. The van der Waals surface area contributed by atoms with Gasteiger partial charge in [0.15, 0.2) is 6.04 Å². The maximum Gasteiger partial charge on any atom is 0.328 e. The van der Waals surface area contributed by atoms with Crippen LogP contribution in [0.1, 0.15) is 6.42 Å². The number of carboxylic acids is 1. The Hall–Kier alpha value is -1.14. The topological polar surface area (TPSA) is 98.1 Å². The molecule has 0 aromatic heterocycles. The van der Waals surface area contributed by atoms with Gasteiger partial charge in [-0.05, 0) is 0 Å². The zero-order valence-corrected chi connectivity index (χ0v) is 7.59. The van der Waals surface area contributed by atoms with Crippen LogP contribution in [-0.4, -0.2) is 57.9 Å². The molecule has 0 radical (unpaired) electrons. The SMILES string of the molecule is O=C(O)[C@H](CO)N1CC(CO)CC1=O. The van der Waals surface area contributed by atoms with Crippen LogP contribution in [0.3, 0.4) is 0 Å². The third kappa shape index (κ3) is 2.02. The number of rotatable bonds is 4. The number of carbonyl (C=O) groups is 2. The normalized spacial score (nSPS) is 24.0. The second-order valence-corrected chi connectivity index (χ2v) is 3.34. The van der Waals surface area contributed by atoms with Crippen molar-refractivity contribution in [3.05, 3.63) is 0 Å². The minimum atomic E-state index is -1.22. The quantitative estimate of drug-likeness (QED) is 0.504. The van der Waals surface area contributed by atoms with E-state index in [1.165, 1.54) is 0 Å². The Kier molecular flexibility index (Phi) is 3.43. The number of amides is 1. The highest BCUT2D eigenvalue weighted by Crippen LogP contribution is 2.19. The lowest BCUT2D eigenvalue weighted by molar-refractivity contribution is -0.150. The van der Waals surface area contributed by atoms with Gasteiger partial charge in [-0.25, -0.2) is 4.79 Å². The molecule has 80 valence electrons. The molecule has 0 aromatic rings. The molecule has 14 heavy (non-hydrogen) atoms. The predicted octanol–water partition coefficient (Wildman–Crippen LogP) is -1.73. The van der Waals surface area contributed by atoms with E-state index in [2.05, 4.69) is 0 Å². The Labute approximate surface area is 80.8 Å². The number of carboxylic acid groups (broad SMARTS) is 1. The second kappa shape index (κ2) is 4.39. The number of aliphatic hydroxyl groups excluding tert-OH is 2. The van der Waals surface area contributed by atoms with Gasteiger partial charge in [0.05, 0.1) is 6.61 Å². The molecule has 0 spiro atoms. The summed E-state index contributed by atoms with van der Waals surface area (Å²) in [5.74, 6) is -1.76. The van der Waals surface area contributed by atoms with Crippen molar-refractivity contribution in [2.45, 2.75) is 12.5 Å². The summed E-state index contributed by atoms with van der Waals surface area (Å²) in [6.07, 6.45) is 0.153. The molecule has 6 heteroatoms. The van der Waals surface area contributed by atoms with Gasteiger partial charge in [0.25, 0.3) is 0 Å². The fraction of sp³-hybridized carbons (Fsp3) is 0.750. The number of hydrogen-bond donors (Lipinski definition) is 3. The van der Waals surface area contributed by atoms with E-state index < -0.39 is 18.6 Å². The molecule has 1 saturated heterocycles. The van der Waals surface area contributed by atoms with Crippen molar-refractivity contribution in [2.24, 2.45) is 5.92 Å². The molecular weight excluding hydrogens is 190 g/mol. The molecule has 0 bridgehead atoms. The third-order valence-electron chi connectivity index (χ3n) is 2.33. The summed E-state index contributed by atoms with van der Waals surface area (Å²) in [4.78, 5) is 23.0. The van der Waals surface area contributed by atoms with E-state index in [-0.39, 0.29) is 31.4 Å². The van der Waals surface area contributed by atoms with Crippen LogP contribution in [-0.2, 0) is 9.59 Å². The van der Waals surface area contributed by atoms with Crippen LogP contribution in [0.5, 0.6) is 0 Å². The Morgan fingerprint density at radius 2 is 2.21 bits per heavy atom. The van der Waals surface area contributed by atoms with Gasteiger partial charge < -0.3 is 20.2 Å². The summed E-state index contributed by atoms with van der Waals surface area (Å²) < 4.78 is 0. The van der Waals surface area contributed by atoms with Crippen LogP contribution in [0.2, 0.25) is 0 Å². The van der Waals surface area contributed by atoms with Crippen LogP contribution in [0.25, 0.3) is 0 Å². The Bertz CT molecular complexity index is 242. The molecule has 1 heterocycles. The summed E-state index contributed by atoms with van der Waals surface area (Å²) in [5, 5.41) is 26.3. The van der Waals surface area contributed by atoms with Crippen molar-refractivity contribution in [2.75, 3.05) is 19.8 Å². The van der Waals surface area contributed by atoms with Gasteiger partial charge in [0, 0.05) is 25.5 Å². The van der Waals surface area contributed by atoms with Crippen molar-refractivity contribution in [3.8, 4) is 0 Å². The molecule has 0 aliphatic carbocycles. The first kappa shape index (κ1) is 10.9. The smallest absolute Gasteiger partial charge is 0.328 e. The molecule has 2 atom stereocenters. The lowest BCUT2D eigenvalue weighted by atomic mass is 10.1. The van der Waals surface area contributed by atoms with E-state index in [4.69, 9.17) is 15.3 Å². The number of hydrogen-bond acceptors (Lipinski definition) is 4. The van der Waals surface area contributed by atoms with E-state index in [1.54, 1.807) is 0 Å². The van der Waals surface area contributed by atoms with Crippen LogP contribution in [0, 0.1) is 5.92 Å². The van der Waals surface area contributed by atoms with Gasteiger partial charge >= 0.3 is 5.97 Å². The van der Waals surface area contributed by atoms with E-state index in [9.17, 15) is 9.59 Å². The molecule has 1 aliphatic heterocycles. The molecule has 0 aromatic carbocycles. The lowest BCUT2D eigenvalue weighted by Gasteiger charge is -2.22. The van der Waals surface area contributed by atoms with Crippen molar-refractivity contribution in [3.63, 3.8) is 0 Å². The summed E-state index contributed by atoms with van der Waals surface area (Å²) in [7, 11) is 0. The first-order valence-corrected chi connectivity index (χ1v) is 4.34. The average molecular weight is 203 g/mol. The molecule has 1 amide bonds. The van der Waals surface area contributed by atoms with Crippen LogP contribution in [0.15, 0.2) is 0 Å². The number of likely N-dealkylation sites (tertiary alicyclic amines) is 1. The number of nitrogens with zero attached hydrogens (tertiary/aromatic N) is 1. The van der Waals surface area contributed by atoms with E-state index in [0.717, 1.165) is 4.90 Å². The molecule has 6 nitrogen and oxygen atoms in total. The minimum Gasteiger partial charge on any atom is -0.480 e. The second-order valence-electron chi connectivity index (χ2n) is 3.34. The zero-order chi connectivity index (χ0) is 10.7. The summed E-state index contributed by atoms with van der Waals surface area (Å²) in [5.41, 5.74) is 0. The molecular formula is C8H13NO5. The van der Waals surface area contributed by atoms with Crippen LogP contribution >= 0.6 is 0 Å². The first-order valence-electron chi connectivity index (χ1n) is 4.34. The fourth-order valence-electron chi connectivity index (χ4n) is 1.54. The van der Waals surface area contributed by atoms with Gasteiger partial charge in [0.2, 0.25) is 5.91 Å². The highest BCUT2D eigenvalue weighted by molar-refractivity contribution is 5.85. The third-order valence-corrected chi connectivity index (χ3v) is 2.33. The Balaban J connectivity index is 2.68. The molecule has 1 rings (SSSR count). The summed E-state index contributed by atoms with van der Waals surface area (Å²) >= 11 is 0. The van der Waals surface area contributed by atoms with Gasteiger partial charge in [0.1, 0.15) is 0 Å². The van der Waals surface area contributed by atoms with Crippen molar-refractivity contribution in [1.82, 2.24) is 4.90 Å². The summed E-state index contributed by atoms with van der Waals surface area (Å²) in [6, 6.07) is -1.18. The number of aliphatic carboxylic acids is 1. The zero-order valence-electron chi connectivity index (χ0n) is 7.59. The van der Waals surface area contributed by atoms with E-state index in [0.29, 0.717) is 0 Å². The number of carbonyl (C=O) groups excluding carboxylic acids is 1. The van der Waals surface area contributed by atoms with Gasteiger partial charge in [-0.1, -0.05) is 0 Å². The van der Waals surface area contributed by atoms with Crippen molar-refractivity contribution < 1.29 is 24.9 Å². The monoisotopic (exact) mass is 203 g/mol. The van der Waals surface area contributed by atoms with E-state index >= 15 is 0 Å². The molecule has 1 unspecified atom stereocenters. The molecule has 3 N–H and O–H groups in total. The van der Waals surface area contributed by atoms with Crippen molar-refractivity contribution >= 4 is 11.9 Å². The average Bonchev–Trinajstić information content (AvgIpc) is 2.48. The first-order chi connectivity index (χ1) is 6.60. The highest BCUT2D eigenvalue weighted by atomic mass is 16.4. The molecule has 1 aliphatic rings. The van der Waals surface area contributed by atoms with E-state index in [1.807, 2.05) is 0 Å².